The summed E-state index contributed by atoms with van der Waals surface area (Å²) in [7, 11) is 0. The fourth-order valence-corrected chi connectivity index (χ4v) is 4.15. The molecule has 0 spiro atoms. The number of aromatic nitrogens is 3. The molecule has 1 aromatic carbocycles. The molecule has 2 aromatic heterocycles. The first-order valence-electron chi connectivity index (χ1n) is 9.01. The smallest absolute Gasteiger partial charge is 0.375 e. The third kappa shape index (κ3) is 4.13. The topological polar surface area (TPSA) is 97.0 Å². The van der Waals surface area contributed by atoms with Gasteiger partial charge in [0.1, 0.15) is 12.6 Å². The molecule has 12 heteroatoms. The van der Waals surface area contributed by atoms with Crippen LogP contribution < -0.4 is 16.0 Å². The summed E-state index contributed by atoms with van der Waals surface area (Å²) in [5.41, 5.74) is 7.03. The van der Waals surface area contributed by atoms with E-state index in [1.807, 2.05) is 5.32 Å². The van der Waals surface area contributed by atoms with Crippen molar-refractivity contribution in [1.82, 2.24) is 20.3 Å². The molecule has 4 rings (SSSR count). The maximum atomic E-state index is 14.5. The number of amides is 1. The maximum Gasteiger partial charge on any atom is 0.405 e. The van der Waals surface area contributed by atoms with Crippen LogP contribution in [0.25, 0.3) is 21.6 Å². The molecule has 1 saturated heterocycles. The third-order valence-electron chi connectivity index (χ3n) is 4.68. The number of nitrogens with two attached hydrogens (primary N) is 1. The molecule has 1 amide bonds. The van der Waals surface area contributed by atoms with Gasteiger partial charge in [-0.3, -0.25) is 4.79 Å². The Bertz CT molecular complexity index is 1100. The Balaban J connectivity index is 1.62. The van der Waals surface area contributed by atoms with Crippen molar-refractivity contribution >= 4 is 38.4 Å². The van der Waals surface area contributed by atoms with E-state index >= 15 is 0 Å². The summed E-state index contributed by atoms with van der Waals surface area (Å²) >= 11 is 1.29. The minimum absolute atomic E-state index is 0.117. The van der Waals surface area contributed by atoms with Gasteiger partial charge in [-0.15, -0.1) is 0 Å². The standard InChI is InChI=1S/C18H16F4N6OS/c19-10-7-24-14(9-3-4-11-13(6-9)30-17(23)26-11)27-15(10)28-5-1-2-12(28)16(29)25-8-18(20,21)22/h3-4,6-7,12H,1-2,5,8H2,(H2,23,26)(H,25,29). The lowest BCUT2D eigenvalue weighted by molar-refractivity contribution is -0.139. The molecule has 1 aliphatic heterocycles. The first-order valence-corrected chi connectivity index (χ1v) is 9.83. The van der Waals surface area contributed by atoms with E-state index in [0.29, 0.717) is 35.6 Å². The highest BCUT2D eigenvalue weighted by atomic mass is 32.1. The third-order valence-corrected chi connectivity index (χ3v) is 5.53. The normalized spacial score (nSPS) is 16.9. The number of halogens is 4. The van der Waals surface area contributed by atoms with E-state index in [1.165, 1.54) is 16.2 Å². The fourth-order valence-electron chi connectivity index (χ4n) is 3.38. The van der Waals surface area contributed by atoms with Crippen molar-refractivity contribution in [1.29, 1.82) is 0 Å². The zero-order chi connectivity index (χ0) is 21.5. The number of fused-ring (bicyclic) bond motifs is 1. The Morgan fingerprint density at radius 3 is 2.90 bits per heavy atom. The molecule has 158 valence electrons. The summed E-state index contributed by atoms with van der Waals surface area (Å²) in [5.74, 6) is -1.46. The molecule has 3 N–H and O–H groups in total. The van der Waals surface area contributed by atoms with Crippen molar-refractivity contribution in [3.63, 3.8) is 0 Å². The molecule has 1 aliphatic rings. The van der Waals surface area contributed by atoms with Crippen molar-refractivity contribution in [2.75, 3.05) is 23.7 Å². The van der Waals surface area contributed by atoms with Gasteiger partial charge in [-0.1, -0.05) is 11.3 Å². The summed E-state index contributed by atoms with van der Waals surface area (Å²) in [5, 5.41) is 2.27. The second kappa shape index (κ2) is 7.67. The molecule has 0 aliphatic carbocycles. The van der Waals surface area contributed by atoms with Crippen molar-refractivity contribution in [2.24, 2.45) is 0 Å². The number of thiazole rings is 1. The number of nitrogen functional groups attached to an aromatic ring is 1. The van der Waals surface area contributed by atoms with Gasteiger partial charge in [0, 0.05) is 12.1 Å². The molecule has 7 nitrogen and oxygen atoms in total. The number of nitrogens with one attached hydrogen (secondary N) is 1. The van der Waals surface area contributed by atoms with Gasteiger partial charge < -0.3 is 16.0 Å². The molecule has 1 fully saturated rings. The number of alkyl halides is 3. The van der Waals surface area contributed by atoms with Crippen LogP contribution in [0.2, 0.25) is 0 Å². The Morgan fingerprint density at radius 2 is 2.13 bits per heavy atom. The van der Waals surface area contributed by atoms with E-state index in [0.717, 1.165) is 10.9 Å². The van der Waals surface area contributed by atoms with Gasteiger partial charge in [0.15, 0.2) is 22.6 Å². The molecular weight excluding hydrogens is 424 g/mol. The average molecular weight is 440 g/mol. The van der Waals surface area contributed by atoms with Crippen LogP contribution in [0, 0.1) is 5.82 Å². The SMILES string of the molecule is Nc1nc2ccc(-c3ncc(F)c(N4CCCC4C(=O)NCC(F)(F)F)n3)cc2s1. The average Bonchev–Trinajstić information content (AvgIpc) is 3.31. The van der Waals surface area contributed by atoms with Gasteiger partial charge in [-0.05, 0) is 31.0 Å². The van der Waals surface area contributed by atoms with Crippen LogP contribution in [0.15, 0.2) is 24.4 Å². The van der Waals surface area contributed by atoms with Gasteiger partial charge in [0.25, 0.3) is 0 Å². The number of hydrogen-bond donors (Lipinski definition) is 2. The maximum absolute atomic E-state index is 14.5. The van der Waals surface area contributed by atoms with E-state index in [1.54, 1.807) is 18.2 Å². The molecule has 30 heavy (non-hydrogen) atoms. The van der Waals surface area contributed by atoms with E-state index in [2.05, 4.69) is 15.0 Å². The Kier molecular flexibility index (Phi) is 5.18. The van der Waals surface area contributed by atoms with Crippen molar-refractivity contribution in [2.45, 2.75) is 25.1 Å². The zero-order valence-corrected chi connectivity index (χ0v) is 16.2. The van der Waals surface area contributed by atoms with Crippen LogP contribution in [-0.2, 0) is 4.79 Å². The lowest BCUT2D eigenvalue weighted by atomic mass is 10.2. The number of benzene rings is 1. The number of anilines is 2. The summed E-state index contributed by atoms with van der Waals surface area (Å²) in [6.45, 7) is -1.15. The number of hydrogen-bond acceptors (Lipinski definition) is 7. The molecule has 0 radical (unpaired) electrons. The predicted octanol–water partition coefficient (Wildman–Crippen LogP) is 3.12. The lowest BCUT2D eigenvalue weighted by Crippen LogP contribution is -2.46. The first-order chi connectivity index (χ1) is 14.2. The number of nitrogens with zero attached hydrogens (tertiary/aromatic N) is 4. The predicted molar refractivity (Wildman–Crippen MR) is 104 cm³/mol. The van der Waals surface area contributed by atoms with E-state index in [9.17, 15) is 22.4 Å². The van der Waals surface area contributed by atoms with Crippen LogP contribution in [0.5, 0.6) is 0 Å². The lowest BCUT2D eigenvalue weighted by Gasteiger charge is -2.25. The highest BCUT2D eigenvalue weighted by Gasteiger charge is 2.36. The van der Waals surface area contributed by atoms with E-state index in [4.69, 9.17) is 5.73 Å². The first kappa shape index (κ1) is 20.3. The highest BCUT2D eigenvalue weighted by Crippen LogP contribution is 2.31. The number of rotatable bonds is 4. The van der Waals surface area contributed by atoms with Crippen molar-refractivity contribution in [3.8, 4) is 11.4 Å². The largest absolute Gasteiger partial charge is 0.405 e. The minimum Gasteiger partial charge on any atom is -0.375 e. The Morgan fingerprint density at radius 1 is 1.33 bits per heavy atom. The summed E-state index contributed by atoms with van der Waals surface area (Å²) in [6.07, 6.45) is -2.71. The molecule has 0 saturated carbocycles. The summed E-state index contributed by atoms with van der Waals surface area (Å²) in [4.78, 5) is 26.1. The minimum atomic E-state index is -4.52. The van der Waals surface area contributed by atoms with Gasteiger partial charge >= 0.3 is 6.18 Å². The molecule has 1 unspecified atom stereocenters. The zero-order valence-electron chi connectivity index (χ0n) is 15.4. The monoisotopic (exact) mass is 440 g/mol. The molecule has 3 aromatic rings. The molecule has 3 heterocycles. The highest BCUT2D eigenvalue weighted by molar-refractivity contribution is 7.22. The van der Waals surface area contributed by atoms with E-state index < -0.39 is 30.5 Å². The van der Waals surface area contributed by atoms with Crippen molar-refractivity contribution < 1.29 is 22.4 Å². The fraction of sp³-hybridized carbons (Fsp3) is 0.333. The van der Waals surface area contributed by atoms with Crippen LogP contribution in [0.4, 0.5) is 28.5 Å². The second-order valence-corrected chi connectivity index (χ2v) is 7.85. The molecular formula is C18H16F4N6OS. The van der Waals surface area contributed by atoms with E-state index in [-0.39, 0.29) is 11.6 Å². The Labute approximate surface area is 171 Å². The van der Waals surface area contributed by atoms with Gasteiger partial charge in [-0.25, -0.2) is 19.3 Å². The number of carbonyl (C=O) groups excluding carboxylic acids is 1. The van der Waals surface area contributed by atoms with Crippen LogP contribution in [0.3, 0.4) is 0 Å². The van der Waals surface area contributed by atoms with Crippen molar-refractivity contribution in [3.05, 3.63) is 30.2 Å². The van der Waals surface area contributed by atoms with Gasteiger partial charge in [0.2, 0.25) is 5.91 Å². The van der Waals surface area contributed by atoms with Gasteiger partial charge in [-0.2, -0.15) is 13.2 Å². The quantitative estimate of drug-likeness (QED) is 0.605. The molecule has 0 bridgehead atoms. The van der Waals surface area contributed by atoms with Crippen LogP contribution >= 0.6 is 11.3 Å². The number of carbonyl (C=O) groups is 1. The van der Waals surface area contributed by atoms with Gasteiger partial charge in [0.05, 0.1) is 16.4 Å². The van der Waals surface area contributed by atoms with Crippen LogP contribution in [-0.4, -0.2) is 46.2 Å². The Hall–Kier alpha value is -3.02. The summed E-state index contributed by atoms with van der Waals surface area (Å²) < 4.78 is 52.6. The molecule has 1 atom stereocenters. The summed E-state index contributed by atoms with van der Waals surface area (Å²) in [6, 6.07) is 4.30. The van der Waals surface area contributed by atoms with Crippen LogP contribution in [0.1, 0.15) is 12.8 Å². The second-order valence-electron chi connectivity index (χ2n) is 6.78.